The van der Waals surface area contributed by atoms with Crippen molar-refractivity contribution >= 4 is 17.3 Å². The van der Waals surface area contributed by atoms with Crippen LogP contribution in [0.1, 0.15) is 19.8 Å². The predicted octanol–water partition coefficient (Wildman–Crippen LogP) is 1.95. The van der Waals surface area contributed by atoms with Gasteiger partial charge < -0.3 is 15.8 Å². The molecule has 2 rings (SSSR count). The highest BCUT2D eigenvalue weighted by Crippen LogP contribution is 2.34. The third kappa shape index (κ3) is 3.63. The van der Waals surface area contributed by atoms with Crippen molar-refractivity contribution in [3.63, 3.8) is 0 Å². The standard InChI is InChI=1S/C15H23N3O2/c1-10(11-4-5-11)18(2)9-15(19)17-14-7-6-12(20-3)8-13(14)16/h6-8,10-11H,4-5,9,16H2,1-3H3,(H,17,19). The average molecular weight is 277 g/mol. The van der Waals surface area contributed by atoms with Crippen molar-refractivity contribution in [2.45, 2.75) is 25.8 Å². The fourth-order valence-corrected chi connectivity index (χ4v) is 2.28. The molecule has 0 aromatic heterocycles. The molecule has 20 heavy (non-hydrogen) atoms. The maximum atomic E-state index is 12.0. The van der Waals surface area contributed by atoms with Crippen LogP contribution in [0.4, 0.5) is 11.4 Å². The molecule has 3 N–H and O–H groups in total. The topological polar surface area (TPSA) is 67.6 Å². The van der Waals surface area contributed by atoms with Gasteiger partial charge in [0.1, 0.15) is 5.75 Å². The van der Waals surface area contributed by atoms with E-state index in [1.165, 1.54) is 12.8 Å². The summed E-state index contributed by atoms with van der Waals surface area (Å²) in [5.74, 6) is 1.38. The molecule has 5 nitrogen and oxygen atoms in total. The molecule has 1 amide bonds. The van der Waals surface area contributed by atoms with Crippen molar-refractivity contribution in [2.75, 3.05) is 31.8 Å². The smallest absolute Gasteiger partial charge is 0.238 e. The van der Waals surface area contributed by atoms with Gasteiger partial charge in [-0.1, -0.05) is 0 Å². The lowest BCUT2D eigenvalue weighted by Gasteiger charge is -2.24. The first-order chi connectivity index (χ1) is 9.51. The number of nitrogens with two attached hydrogens (primary N) is 1. The summed E-state index contributed by atoms with van der Waals surface area (Å²) in [5, 5.41) is 2.85. The first-order valence-corrected chi connectivity index (χ1v) is 6.95. The first kappa shape index (κ1) is 14.7. The van der Waals surface area contributed by atoms with Gasteiger partial charge in [-0.05, 0) is 44.9 Å². The van der Waals surface area contributed by atoms with E-state index in [1.807, 2.05) is 7.05 Å². The zero-order chi connectivity index (χ0) is 14.7. The van der Waals surface area contributed by atoms with Gasteiger partial charge in [0.15, 0.2) is 0 Å². The molecular formula is C15H23N3O2. The molecule has 1 aliphatic rings. The lowest BCUT2D eigenvalue weighted by molar-refractivity contribution is -0.117. The molecule has 0 radical (unpaired) electrons. The van der Waals surface area contributed by atoms with E-state index in [4.69, 9.17) is 10.5 Å². The van der Waals surface area contributed by atoms with E-state index in [0.29, 0.717) is 29.7 Å². The number of methoxy groups -OCH3 is 1. The van der Waals surface area contributed by atoms with Crippen LogP contribution in [0.15, 0.2) is 18.2 Å². The number of ether oxygens (including phenoxy) is 1. The number of rotatable bonds is 6. The van der Waals surface area contributed by atoms with Crippen molar-refractivity contribution in [1.82, 2.24) is 4.90 Å². The summed E-state index contributed by atoms with van der Waals surface area (Å²) >= 11 is 0. The number of carbonyl (C=O) groups excluding carboxylic acids is 1. The number of anilines is 2. The fourth-order valence-electron chi connectivity index (χ4n) is 2.28. The zero-order valence-electron chi connectivity index (χ0n) is 12.3. The Morgan fingerprint density at radius 1 is 1.55 bits per heavy atom. The Bertz CT molecular complexity index is 486. The van der Waals surface area contributed by atoms with Crippen LogP contribution in [0.25, 0.3) is 0 Å². The molecule has 1 unspecified atom stereocenters. The van der Waals surface area contributed by atoms with Gasteiger partial charge in [-0.25, -0.2) is 0 Å². The Balaban J connectivity index is 1.90. The fraction of sp³-hybridized carbons (Fsp3) is 0.533. The van der Waals surface area contributed by atoms with Crippen LogP contribution >= 0.6 is 0 Å². The van der Waals surface area contributed by atoms with Crippen LogP contribution < -0.4 is 15.8 Å². The number of nitrogen functional groups attached to an aromatic ring is 1. The van der Waals surface area contributed by atoms with Gasteiger partial charge in [0.05, 0.1) is 25.0 Å². The predicted molar refractivity (Wildman–Crippen MR) is 80.9 cm³/mol. The normalized spacial score (nSPS) is 16.0. The van der Waals surface area contributed by atoms with Gasteiger partial charge in [0, 0.05) is 12.1 Å². The van der Waals surface area contributed by atoms with E-state index in [0.717, 1.165) is 5.92 Å². The van der Waals surface area contributed by atoms with Crippen molar-refractivity contribution in [1.29, 1.82) is 0 Å². The molecule has 1 saturated carbocycles. The highest BCUT2D eigenvalue weighted by Gasteiger charge is 2.30. The highest BCUT2D eigenvalue weighted by molar-refractivity contribution is 5.95. The minimum atomic E-state index is -0.0446. The minimum Gasteiger partial charge on any atom is -0.497 e. The monoisotopic (exact) mass is 277 g/mol. The van der Waals surface area contributed by atoms with Crippen LogP contribution in [0.3, 0.4) is 0 Å². The summed E-state index contributed by atoms with van der Waals surface area (Å²) in [7, 11) is 3.57. The van der Waals surface area contributed by atoms with Gasteiger partial charge in [0.2, 0.25) is 5.91 Å². The quantitative estimate of drug-likeness (QED) is 0.780. The van der Waals surface area contributed by atoms with Gasteiger partial charge in [-0.3, -0.25) is 9.69 Å². The molecule has 0 saturated heterocycles. The van der Waals surface area contributed by atoms with E-state index in [9.17, 15) is 4.79 Å². The van der Waals surface area contributed by atoms with E-state index >= 15 is 0 Å². The Kier molecular flexibility index (Phi) is 4.49. The summed E-state index contributed by atoms with van der Waals surface area (Å²) < 4.78 is 5.08. The third-order valence-electron chi connectivity index (χ3n) is 3.93. The molecule has 0 bridgehead atoms. The highest BCUT2D eigenvalue weighted by atomic mass is 16.5. The van der Waals surface area contributed by atoms with Crippen LogP contribution in [-0.2, 0) is 4.79 Å². The second-order valence-electron chi connectivity index (χ2n) is 5.49. The van der Waals surface area contributed by atoms with E-state index in [2.05, 4.69) is 17.1 Å². The number of carbonyl (C=O) groups is 1. The molecule has 110 valence electrons. The largest absolute Gasteiger partial charge is 0.497 e. The first-order valence-electron chi connectivity index (χ1n) is 6.95. The zero-order valence-corrected chi connectivity index (χ0v) is 12.3. The minimum absolute atomic E-state index is 0.0446. The van der Waals surface area contributed by atoms with E-state index < -0.39 is 0 Å². The van der Waals surface area contributed by atoms with Gasteiger partial charge in [0.25, 0.3) is 0 Å². The second kappa shape index (κ2) is 6.13. The van der Waals surface area contributed by atoms with Crippen LogP contribution in [0, 0.1) is 5.92 Å². The van der Waals surface area contributed by atoms with Crippen molar-refractivity contribution in [3.8, 4) is 5.75 Å². The Hall–Kier alpha value is -1.75. The maximum Gasteiger partial charge on any atom is 0.238 e. The summed E-state index contributed by atoms with van der Waals surface area (Å²) in [5.41, 5.74) is 7.02. The Labute approximate surface area is 120 Å². The molecule has 1 fully saturated rings. The molecule has 1 aromatic rings. The van der Waals surface area contributed by atoms with Crippen LogP contribution in [-0.4, -0.2) is 37.6 Å². The van der Waals surface area contributed by atoms with Crippen molar-refractivity contribution in [3.05, 3.63) is 18.2 Å². The summed E-state index contributed by atoms with van der Waals surface area (Å²) in [4.78, 5) is 14.1. The summed E-state index contributed by atoms with van der Waals surface area (Å²) in [6.45, 7) is 2.55. The van der Waals surface area contributed by atoms with Crippen molar-refractivity contribution in [2.24, 2.45) is 5.92 Å². The van der Waals surface area contributed by atoms with Gasteiger partial charge >= 0.3 is 0 Å². The number of nitrogens with one attached hydrogen (secondary N) is 1. The van der Waals surface area contributed by atoms with Crippen LogP contribution in [0.2, 0.25) is 0 Å². The lowest BCUT2D eigenvalue weighted by atomic mass is 10.2. The average Bonchev–Trinajstić information content (AvgIpc) is 3.24. The van der Waals surface area contributed by atoms with E-state index in [1.54, 1.807) is 25.3 Å². The molecule has 1 aromatic carbocycles. The second-order valence-corrected chi connectivity index (χ2v) is 5.49. The number of hydrogen-bond acceptors (Lipinski definition) is 4. The Morgan fingerprint density at radius 3 is 2.80 bits per heavy atom. The molecule has 0 spiro atoms. The third-order valence-corrected chi connectivity index (χ3v) is 3.93. The molecule has 1 aliphatic carbocycles. The maximum absolute atomic E-state index is 12.0. The molecule has 1 atom stereocenters. The number of hydrogen-bond donors (Lipinski definition) is 2. The lowest BCUT2D eigenvalue weighted by Crippen LogP contribution is -2.37. The van der Waals surface area contributed by atoms with Crippen LogP contribution in [0.5, 0.6) is 5.75 Å². The summed E-state index contributed by atoms with van der Waals surface area (Å²) in [6.07, 6.45) is 2.55. The van der Waals surface area contributed by atoms with Gasteiger partial charge in [-0.15, -0.1) is 0 Å². The number of likely N-dealkylation sites (N-methyl/N-ethyl adjacent to an activating group) is 1. The molecule has 5 heteroatoms. The molecular weight excluding hydrogens is 254 g/mol. The number of benzene rings is 1. The van der Waals surface area contributed by atoms with Gasteiger partial charge in [-0.2, -0.15) is 0 Å². The molecule has 0 heterocycles. The molecule has 0 aliphatic heterocycles. The summed E-state index contributed by atoms with van der Waals surface area (Å²) in [6, 6.07) is 5.69. The Morgan fingerprint density at radius 2 is 2.25 bits per heavy atom. The SMILES string of the molecule is COc1ccc(NC(=O)CN(C)C(C)C2CC2)c(N)c1. The number of amides is 1. The van der Waals surface area contributed by atoms with E-state index in [-0.39, 0.29) is 5.91 Å². The number of nitrogens with zero attached hydrogens (tertiary/aromatic N) is 1. The van der Waals surface area contributed by atoms with Crippen molar-refractivity contribution < 1.29 is 9.53 Å².